The van der Waals surface area contributed by atoms with Crippen molar-refractivity contribution in [3.63, 3.8) is 0 Å². The van der Waals surface area contributed by atoms with Gasteiger partial charge in [0.1, 0.15) is 19.6 Å². The second-order valence-electron chi connectivity index (χ2n) is 7.89. The normalized spacial score (nSPS) is 30.3. The Hall–Kier alpha value is -0.923. The summed E-state index contributed by atoms with van der Waals surface area (Å²) in [6.45, 7) is 6.56. The van der Waals surface area contributed by atoms with E-state index in [4.69, 9.17) is 0 Å². The molecule has 0 heterocycles. The number of Topliss-reactive ketones (excluding diaryl/α,β-unsaturated/α-hetero) is 2. The molecule has 3 atom stereocenters. The number of ketones is 2. The molecule has 1 spiro atoms. The number of aliphatic hydroxyl groups excluding tert-OH is 1. The van der Waals surface area contributed by atoms with Crippen molar-refractivity contribution >= 4 is 19.6 Å². The van der Waals surface area contributed by atoms with Gasteiger partial charge in [0.25, 0.3) is 0 Å². The molecule has 122 valence electrons. The molecule has 2 saturated carbocycles. The second kappa shape index (κ2) is 6.68. The lowest BCUT2D eigenvalue weighted by Gasteiger charge is -2.41. The Morgan fingerprint density at radius 2 is 1.86 bits per heavy atom. The van der Waals surface area contributed by atoms with E-state index in [0.717, 1.165) is 25.7 Å². The summed E-state index contributed by atoms with van der Waals surface area (Å²) < 4.78 is 0. The van der Waals surface area contributed by atoms with Crippen LogP contribution in [0.1, 0.15) is 51.4 Å². The SMILES string of the molecule is C[Si](C)(C)C#CCC[C@@H](O)[C@@H]1C(=O)CCC[C@@]12CCCC2=O. The first kappa shape index (κ1) is 17.4. The topological polar surface area (TPSA) is 54.4 Å². The van der Waals surface area contributed by atoms with Crippen LogP contribution in [-0.4, -0.2) is 30.9 Å². The minimum Gasteiger partial charge on any atom is -0.392 e. The van der Waals surface area contributed by atoms with E-state index in [1.54, 1.807) is 0 Å². The molecule has 1 N–H and O–H groups in total. The predicted molar refractivity (Wildman–Crippen MR) is 90.0 cm³/mol. The molecule has 0 bridgehead atoms. The zero-order valence-electron chi connectivity index (χ0n) is 14.1. The highest BCUT2D eigenvalue weighted by Gasteiger charge is 2.54. The molecule has 0 unspecified atom stereocenters. The van der Waals surface area contributed by atoms with E-state index in [1.807, 2.05) is 0 Å². The molecule has 3 nitrogen and oxygen atoms in total. The Bertz CT molecular complexity index is 509. The van der Waals surface area contributed by atoms with Gasteiger partial charge in [-0.3, -0.25) is 9.59 Å². The highest BCUT2D eigenvalue weighted by molar-refractivity contribution is 6.83. The number of carbonyl (C=O) groups is 2. The van der Waals surface area contributed by atoms with Crippen molar-refractivity contribution in [3.05, 3.63) is 0 Å². The van der Waals surface area contributed by atoms with Gasteiger partial charge in [-0.05, 0) is 32.1 Å². The van der Waals surface area contributed by atoms with E-state index in [1.165, 1.54) is 0 Å². The molecule has 0 aliphatic heterocycles. The van der Waals surface area contributed by atoms with Crippen LogP contribution < -0.4 is 0 Å². The summed E-state index contributed by atoms with van der Waals surface area (Å²) in [6.07, 6.45) is 4.70. The van der Waals surface area contributed by atoms with Crippen molar-refractivity contribution in [3.8, 4) is 11.5 Å². The summed E-state index contributed by atoms with van der Waals surface area (Å²) in [4.78, 5) is 24.8. The lowest BCUT2D eigenvalue weighted by molar-refractivity contribution is -0.147. The van der Waals surface area contributed by atoms with Gasteiger partial charge >= 0.3 is 0 Å². The first-order chi connectivity index (χ1) is 10.3. The average molecular weight is 321 g/mol. The Kier molecular flexibility index (Phi) is 5.29. The predicted octanol–water partition coefficient (Wildman–Crippen LogP) is 3.12. The number of hydrogen-bond donors (Lipinski definition) is 1. The molecular weight excluding hydrogens is 292 g/mol. The van der Waals surface area contributed by atoms with Crippen LogP contribution >= 0.6 is 0 Å². The zero-order valence-corrected chi connectivity index (χ0v) is 15.1. The molecule has 0 radical (unpaired) electrons. The molecule has 2 aliphatic rings. The fraction of sp³-hybridized carbons (Fsp3) is 0.778. The van der Waals surface area contributed by atoms with Crippen molar-refractivity contribution < 1.29 is 14.7 Å². The Morgan fingerprint density at radius 1 is 1.23 bits per heavy atom. The van der Waals surface area contributed by atoms with Crippen molar-refractivity contribution in [1.82, 2.24) is 0 Å². The summed E-state index contributed by atoms with van der Waals surface area (Å²) in [6, 6.07) is 0. The fourth-order valence-corrected chi connectivity index (χ4v) is 4.70. The summed E-state index contributed by atoms with van der Waals surface area (Å²) in [5, 5.41) is 10.6. The number of rotatable bonds is 3. The van der Waals surface area contributed by atoms with Crippen LogP contribution in [0.2, 0.25) is 19.6 Å². The monoisotopic (exact) mass is 320 g/mol. The number of aliphatic hydroxyl groups is 1. The molecule has 0 aromatic heterocycles. The Balaban J connectivity index is 2.07. The van der Waals surface area contributed by atoms with Crippen LogP contribution in [0, 0.1) is 22.8 Å². The minimum absolute atomic E-state index is 0.0900. The van der Waals surface area contributed by atoms with Crippen molar-refractivity contribution in [2.75, 3.05) is 0 Å². The summed E-state index contributed by atoms with van der Waals surface area (Å²) >= 11 is 0. The van der Waals surface area contributed by atoms with Gasteiger partial charge < -0.3 is 5.11 Å². The van der Waals surface area contributed by atoms with E-state index in [2.05, 4.69) is 31.1 Å². The van der Waals surface area contributed by atoms with E-state index in [-0.39, 0.29) is 11.6 Å². The first-order valence-electron chi connectivity index (χ1n) is 8.50. The van der Waals surface area contributed by atoms with Crippen LogP contribution in [0.25, 0.3) is 0 Å². The van der Waals surface area contributed by atoms with Gasteiger partial charge in [0, 0.05) is 24.7 Å². The molecule has 0 amide bonds. The van der Waals surface area contributed by atoms with Crippen LogP contribution in [-0.2, 0) is 9.59 Å². The average Bonchev–Trinajstić information content (AvgIpc) is 2.75. The van der Waals surface area contributed by atoms with Gasteiger partial charge in [-0.2, -0.15) is 0 Å². The van der Waals surface area contributed by atoms with Gasteiger partial charge in [0.05, 0.1) is 12.0 Å². The van der Waals surface area contributed by atoms with Gasteiger partial charge in [-0.25, -0.2) is 0 Å². The highest BCUT2D eigenvalue weighted by atomic mass is 28.3. The quantitative estimate of drug-likeness (QED) is 0.642. The molecule has 4 heteroatoms. The van der Waals surface area contributed by atoms with Crippen LogP contribution in [0.5, 0.6) is 0 Å². The zero-order chi connectivity index (χ0) is 16.4. The molecule has 2 rings (SSSR count). The maximum absolute atomic E-state index is 12.4. The maximum Gasteiger partial charge on any atom is 0.139 e. The Morgan fingerprint density at radius 3 is 2.41 bits per heavy atom. The second-order valence-corrected chi connectivity index (χ2v) is 12.6. The molecule has 2 fully saturated rings. The first-order valence-corrected chi connectivity index (χ1v) is 12.0. The molecule has 2 aliphatic carbocycles. The third-order valence-electron chi connectivity index (χ3n) is 4.98. The molecular formula is C18H28O3Si. The summed E-state index contributed by atoms with van der Waals surface area (Å²) in [5.74, 6) is 2.97. The lowest BCUT2D eigenvalue weighted by atomic mass is 9.61. The minimum atomic E-state index is -1.39. The maximum atomic E-state index is 12.4. The Labute approximate surface area is 134 Å². The van der Waals surface area contributed by atoms with E-state index >= 15 is 0 Å². The van der Waals surface area contributed by atoms with Crippen molar-refractivity contribution in [2.45, 2.75) is 77.1 Å². The molecule has 0 saturated heterocycles. The van der Waals surface area contributed by atoms with Crippen LogP contribution in [0.15, 0.2) is 0 Å². The fourth-order valence-electron chi connectivity index (χ4n) is 4.04. The van der Waals surface area contributed by atoms with Crippen LogP contribution in [0.3, 0.4) is 0 Å². The molecule has 22 heavy (non-hydrogen) atoms. The van der Waals surface area contributed by atoms with E-state index in [0.29, 0.717) is 25.7 Å². The summed E-state index contributed by atoms with van der Waals surface area (Å²) in [7, 11) is -1.39. The van der Waals surface area contributed by atoms with Crippen molar-refractivity contribution in [2.24, 2.45) is 11.3 Å². The van der Waals surface area contributed by atoms with Gasteiger partial charge in [-0.1, -0.05) is 19.6 Å². The standard InChI is InChI=1S/C18H28O3Si/c1-22(2,3)13-5-4-8-14(19)17-15(20)9-6-11-18(17)12-7-10-16(18)21/h14,17,19H,4,6-12H2,1-3H3/t14-,17-,18+/m1/s1. The van der Waals surface area contributed by atoms with Gasteiger partial charge in [-0.15, -0.1) is 11.5 Å². The van der Waals surface area contributed by atoms with Gasteiger partial charge in [0.15, 0.2) is 0 Å². The smallest absolute Gasteiger partial charge is 0.139 e. The largest absolute Gasteiger partial charge is 0.392 e. The number of hydrogen-bond acceptors (Lipinski definition) is 3. The lowest BCUT2D eigenvalue weighted by Crippen LogP contribution is -2.48. The van der Waals surface area contributed by atoms with Crippen molar-refractivity contribution in [1.29, 1.82) is 0 Å². The summed E-state index contributed by atoms with van der Waals surface area (Å²) in [5.41, 5.74) is 2.73. The van der Waals surface area contributed by atoms with E-state index in [9.17, 15) is 14.7 Å². The third-order valence-corrected chi connectivity index (χ3v) is 5.91. The molecule has 0 aromatic carbocycles. The van der Waals surface area contributed by atoms with Crippen LogP contribution in [0.4, 0.5) is 0 Å². The molecule has 0 aromatic rings. The van der Waals surface area contributed by atoms with E-state index < -0.39 is 25.5 Å². The van der Waals surface area contributed by atoms with Gasteiger partial charge in [0.2, 0.25) is 0 Å². The third kappa shape index (κ3) is 3.69. The highest BCUT2D eigenvalue weighted by Crippen LogP contribution is 2.50. The number of carbonyl (C=O) groups excluding carboxylic acids is 2.